The summed E-state index contributed by atoms with van der Waals surface area (Å²) in [5.74, 6) is 2.42. The van der Waals surface area contributed by atoms with Gasteiger partial charge < -0.3 is 10.1 Å². The summed E-state index contributed by atoms with van der Waals surface area (Å²) in [5, 5.41) is 3.00. The normalized spacial score (nSPS) is 15.0. The molecule has 0 saturated carbocycles. The van der Waals surface area contributed by atoms with E-state index in [-0.39, 0.29) is 5.91 Å². The third kappa shape index (κ3) is 5.53. The number of amides is 1. The quantitative estimate of drug-likeness (QED) is 0.724. The third-order valence-electron chi connectivity index (χ3n) is 4.22. The molecule has 3 nitrogen and oxygen atoms in total. The van der Waals surface area contributed by atoms with Crippen molar-refractivity contribution < 1.29 is 9.53 Å². The number of thioether (sulfide) groups is 2. The molecule has 1 saturated heterocycles. The number of benzene rings is 2. The number of hydrogen-bond acceptors (Lipinski definition) is 4. The van der Waals surface area contributed by atoms with Crippen LogP contribution < -0.4 is 5.32 Å². The van der Waals surface area contributed by atoms with Crippen LogP contribution >= 0.6 is 23.5 Å². The Morgan fingerprint density at radius 1 is 1.04 bits per heavy atom. The molecule has 1 N–H and O–H groups in total. The molecular weight excluding hydrogens is 362 g/mol. The lowest BCUT2D eigenvalue weighted by Gasteiger charge is -2.21. The van der Waals surface area contributed by atoms with E-state index in [9.17, 15) is 4.79 Å². The van der Waals surface area contributed by atoms with E-state index in [2.05, 4.69) is 17.4 Å². The second-order valence-corrected chi connectivity index (χ2v) is 8.91. The van der Waals surface area contributed by atoms with Crippen molar-refractivity contribution in [3.63, 3.8) is 0 Å². The van der Waals surface area contributed by atoms with E-state index in [1.54, 1.807) is 0 Å². The van der Waals surface area contributed by atoms with Gasteiger partial charge in [0.25, 0.3) is 5.91 Å². The Bertz CT molecular complexity index is 695. The molecule has 2 aromatic carbocycles. The fourth-order valence-electron chi connectivity index (χ4n) is 2.73. The van der Waals surface area contributed by atoms with Gasteiger partial charge in [-0.05, 0) is 53.7 Å². The molecule has 1 aliphatic rings. The first kappa shape index (κ1) is 19.3. The standard InChI is InChI=1S/C21H25NO2S2/c1-2-24-15-17-6-4-16(5-7-17)14-22-20(23)18-8-10-19(11-9-18)21-25-12-3-13-26-21/h4-11,21H,2-3,12-15H2,1H3,(H,22,23). The van der Waals surface area contributed by atoms with Gasteiger partial charge in [0.05, 0.1) is 11.2 Å². The molecule has 1 heterocycles. The number of carbonyl (C=O) groups is 1. The SMILES string of the molecule is CCOCc1ccc(CNC(=O)c2ccc(C3SCCCS3)cc2)cc1. The van der Waals surface area contributed by atoms with E-state index in [1.807, 2.05) is 66.8 Å². The van der Waals surface area contributed by atoms with Gasteiger partial charge in [-0.25, -0.2) is 0 Å². The second-order valence-electron chi connectivity index (χ2n) is 6.19. The number of ether oxygens (including phenoxy) is 1. The highest BCUT2D eigenvalue weighted by molar-refractivity contribution is 8.16. The van der Waals surface area contributed by atoms with Crippen LogP contribution in [0.4, 0.5) is 0 Å². The van der Waals surface area contributed by atoms with Crippen LogP contribution in [0.2, 0.25) is 0 Å². The number of carbonyl (C=O) groups excluding carboxylic acids is 1. The Morgan fingerprint density at radius 2 is 1.69 bits per heavy atom. The molecule has 138 valence electrons. The van der Waals surface area contributed by atoms with Crippen LogP contribution in [0.1, 0.15) is 45.0 Å². The van der Waals surface area contributed by atoms with Gasteiger partial charge in [-0.15, -0.1) is 23.5 Å². The maximum atomic E-state index is 12.4. The summed E-state index contributed by atoms with van der Waals surface area (Å²) in [5.41, 5.74) is 4.26. The van der Waals surface area contributed by atoms with E-state index in [4.69, 9.17) is 4.74 Å². The molecule has 0 radical (unpaired) electrons. The lowest BCUT2D eigenvalue weighted by molar-refractivity contribution is 0.0951. The average Bonchev–Trinajstić information content (AvgIpc) is 2.72. The topological polar surface area (TPSA) is 38.3 Å². The van der Waals surface area contributed by atoms with Crippen LogP contribution in [0.5, 0.6) is 0 Å². The molecule has 0 aliphatic carbocycles. The lowest BCUT2D eigenvalue weighted by atomic mass is 10.1. The van der Waals surface area contributed by atoms with Crippen molar-refractivity contribution in [2.75, 3.05) is 18.1 Å². The summed E-state index contributed by atoms with van der Waals surface area (Å²) < 4.78 is 5.91. The van der Waals surface area contributed by atoms with Crippen LogP contribution in [-0.4, -0.2) is 24.0 Å². The Morgan fingerprint density at radius 3 is 2.35 bits per heavy atom. The number of nitrogens with one attached hydrogen (secondary N) is 1. The fraction of sp³-hybridized carbons (Fsp3) is 0.381. The van der Waals surface area contributed by atoms with E-state index >= 15 is 0 Å². The highest BCUT2D eigenvalue weighted by Crippen LogP contribution is 2.43. The summed E-state index contributed by atoms with van der Waals surface area (Å²) in [6.45, 7) is 3.87. The van der Waals surface area contributed by atoms with Crippen molar-refractivity contribution in [1.29, 1.82) is 0 Å². The smallest absolute Gasteiger partial charge is 0.251 e. The molecule has 0 atom stereocenters. The molecule has 0 bridgehead atoms. The van der Waals surface area contributed by atoms with Crippen molar-refractivity contribution in [1.82, 2.24) is 5.32 Å². The molecule has 0 spiro atoms. The van der Waals surface area contributed by atoms with Crippen LogP contribution in [0, 0.1) is 0 Å². The molecule has 5 heteroatoms. The average molecular weight is 388 g/mol. The Hall–Kier alpha value is -1.43. The molecule has 1 fully saturated rings. The Kier molecular flexibility index (Phi) is 7.47. The summed E-state index contributed by atoms with van der Waals surface area (Å²) in [6, 6.07) is 16.2. The predicted octanol–water partition coefficient (Wildman–Crippen LogP) is 5.02. The molecule has 0 unspecified atom stereocenters. The maximum absolute atomic E-state index is 12.4. The zero-order valence-corrected chi connectivity index (χ0v) is 16.7. The van der Waals surface area contributed by atoms with Gasteiger partial charge >= 0.3 is 0 Å². The van der Waals surface area contributed by atoms with Crippen LogP contribution in [-0.2, 0) is 17.9 Å². The molecule has 2 aromatic rings. The summed E-state index contributed by atoms with van der Waals surface area (Å²) in [4.78, 5) is 12.4. The van der Waals surface area contributed by atoms with Gasteiger partial charge in [0.2, 0.25) is 0 Å². The van der Waals surface area contributed by atoms with Crippen LogP contribution in [0.3, 0.4) is 0 Å². The van der Waals surface area contributed by atoms with Gasteiger partial charge in [0, 0.05) is 18.7 Å². The largest absolute Gasteiger partial charge is 0.377 e. The lowest BCUT2D eigenvalue weighted by Crippen LogP contribution is -2.22. The molecule has 3 rings (SSSR count). The molecule has 1 aliphatic heterocycles. The van der Waals surface area contributed by atoms with E-state index in [1.165, 1.54) is 23.5 Å². The first-order valence-corrected chi connectivity index (χ1v) is 11.1. The van der Waals surface area contributed by atoms with Gasteiger partial charge in [0.15, 0.2) is 0 Å². The van der Waals surface area contributed by atoms with Gasteiger partial charge in [-0.2, -0.15) is 0 Å². The molecule has 26 heavy (non-hydrogen) atoms. The highest BCUT2D eigenvalue weighted by atomic mass is 32.2. The van der Waals surface area contributed by atoms with Crippen molar-refractivity contribution >= 4 is 29.4 Å². The minimum Gasteiger partial charge on any atom is -0.377 e. The predicted molar refractivity (Wildman–Crippen MR) is 112 cm³/mol. The van der Waals surface area contributed by atoms with Crippen molar-refractivity contribution in [2.24, 2.45) is 0 Å². The maximum Gasteiger partial charge on any atom is 0.251 e. The molecule has 0 aromatic heterocycles. The Balaban J connectivity index is 1.51. The monoisotopic (exact) mass is 387 g/mol. The number of hydrogen-bond donors (Lipinski definition) is 1. The van der Waals surface area contributed by atoms with Crippen LogP contribution in [0.15, 0.2) is 48.5 Å². The van der Waals surface area contributed by atoms with Crippen molar-refractivity contribution in [3.05, 3.63) is 70.8 Å². The van der Waals surface area contributed by atoms with Gasteiger partial charge in [-0.1, -0.05) is 36.4 Å². The Labute approximate surface area is 164 Å². The molecule has 1 amide bonds. The first-order chi connectivity index (χ1) is 12.8. The molecular formula is C21H25NO2S2. The van der Waals surface area contributed by atoms with E-state index in [0.717, 1.165) is 11.1 Å². The zero-order chi connectivity index (χ0) is 18.2. The third-order valence-corrected chi connectivity index (χ3v) is 7.24. The zero-order valence-electron chi connectivity index (χ0n) is 15.1. The number of rotatable bonds is 7. The second kappa shape index (κ2) is 10.0. The van der Waals surface area contributed by atoms with Gasteiger partial charge in [-0.3, -0.25) is 4.79 Å². The fourth-order valence-corrected chi connectivity index (χ4v) is 5.62. The summed E-state index contributed by atoms with van der Waals surface area (Å²) in [7, 11) is 0. The highest BCUT2D eigenvalue weighted by Gasteiger charge is 2.16. The summed E-state index contributed by atoms with van der Waals surface area (Å²) in [6.07, 6.45) is 1.29. The van der Waals surface area contributed by atoms with Gasteiger partial charge in [0.1, 0.15) is 0 Å². The first-order valence-electron chi connectivity index (χ1n) is 9.03. The van der Waals surface area contributed by atoms with Crippen molar-refractivity contribution in [2.45, 2.75) is 31.1 Å². The van der Waals surface area contributed by atoms with Crippen molar-refractivity contribution in [3.8, 4) is 0 Å². The minimum atomic E-state index is -0.0288. The summed E-state index contributed by atoms with van der Waals surface area (Å²) >= 11 is 3.99. The van der Waals surface area contributed by atoms with Crippen LogP contribution in [0.25, 0.3) is 0 Å². The van der Waals surface area contributed by atoms with E-state index < -0.39 is 0 Å². The minimum absolute atomic E-state index is 0.0288. The van der Waals surface area contributed by atoms with E-state index in [0.29, 0.717) is 29.9 Å².